The topological polar surface area (TPSA) is 58.6 Å². The fraction of sp³-hybridized carbons (Fsp3) is 0.857. The van der Waals surface area contributed by atoms with Crippen LogP contribution in [-0.4, -0.2) is 11.0 Å². The molecule has 0 radical (unpaired) electrons. The van der Waals surface area contributed by atoms with Gasteiger partial charge < -0.3 is 10.9 Å². The summed E-state index contributed by atoms with van der Waals surface area (Å²) >= 11 is 0. The number of nitrogens with two attached hydrogens (primary N) is 1. The molecule has 1 aliphatic rings. The van der Waals surface area contributed by atoms with Crippen molar-refractivity contribution in [3.05, 3.63) is 0 Å². The van der Waals surface area contributed by atoms with Gasteiger partial charge in [-0.15, -0.1) is 0 Å². The minimum atomic E-state index is 0.333. The molecular weight excluding hydrogens is 128 g/mol. The predicted molar refractivity (Wildman–Crippen MR) is 39.9 cm³/mol. The Morgan fingerprint density at radius 3 is 2.70 bits per heavy atom. The van der Waals surface area contributed by atoms with Crippen molar-refractivity contribution in [1.29, 1.82) is 0 Å². The molecule has 0 spiro atoms. The average Bonchev–Trinajstić information content (AvgIpc) is 2.34. The fourth-order valence-electron chi connectivity index (χ4n) is 1.56. The molecule has 3 heteroatoms. The highest BCUT2D eigenvalue weighted by molar-refractivity contribution is 5.82. The van der Waals surface area contributed by atoms with E-state index in [0.29, 0.717) is 11.8 Å². The Morgan fingerprint density at radius 1 is 1.60 bits per heavy atom. The molecule has 0 bridgehead atoms. The van der Waals surface area contributed by atoms with Crippen LogP contribution < -0.4 is 5.73 Å². The fourth-order valence-corrected chi connectivity index (χ4v) is 1.56. The molecule has 3 N–H and O–H groups in total. The molecule has 10 heavy (non-hydrogen) atoms. The average molecular weight is 142 g/mol. The lowest BCUT2D eigenvalue weighted by Gasteiger charge is -2.05. The van der Waals surface area contributed by atoms with Crippen LogP contribution in [0.3, 0.4) is 0 Å². The van der Waals surface area contributed by atoms with Gasteiger partial charge in [-0.2, -0.15) is 0 Å². The van der Waals surface area contributed by atoms with Gasteiger partial charge in [0.15, 0.2) is 0 Å². The lowest BCUT2D eigenvalue weighted by molar-refractivity contribution is 0.313. The van der Waals surface area contributed by atoms with E-state index in [1.807, 2.05) is 0 Å². The smallest absolute Gasteiger partial charge is 0.142 e. The Labute approximate surface area is 60.9 Å². The highest BCUT2D eigenvalue weighted by Gasteiger charge is 2.24. The summed E-state index contributed by atoms with van der Waals surface area (Å²) in [6, 6.07) is 0. The Balaban J connectivity index is 2.45. The number of hydrogen-bond donors (Lipinski definition) is 2. The molecule has 0 amide bonds. The Morgan fingerprint density at radius 2 is 2.30 bits per heavy atom. The van der Waals surface area contributed by atoms with Gasteiger partial charge >= 0.3 is 0 Å². The Bertz CT molecular complexity index is 145. The first-order valence-corrected chi connectivity index (χ1v) is 3.71. The molecular formula is C7H14N2O. The molecule has 0 aliphatic heterocycles. The van der Waals surface area contributed by atoms with Gasteiger partial charge in [-0.05, 0) is 25.2 Å². The van der Waals surface area contributed by atoms with E-state index >= 15 is 0 Å². The van der Waals surface area contributed by atoms with Crippen LogP contribution in [0.2, 0.25) is 0 Å². The second-order valence-corrected chi connectivity index (χ2v) is 3.14. The van der Waals surface area contributed by atoms with Crippen molar-refractivity contribution in [2.24, 2.45) is 22.7 Å². The first kappa shape index (κ1) is 7.38. The molecule has 1 aliphatic carbocycles. The predicted octanol–water partition coefficient (Wildman–Crippen LogP) is 1.17. The van der Waals surface area contributed by atoms with E-state index in [1.54, 1.807) is 0 Å². The van der Waals surface area contributed by atoms with Crippen molar-refractivity contribution in [2.75, 3.05) is 0 Å². The van der Waals surface area contributed by atoms with E-state index in [9.17, 15) is 0 Å². The van der Waals surface area contributed by atoms with Crippen LogP contribution in [-0.2, 0) is 0 Å². The minimum Gasteiger partial charge on any atom is -0.409 e. The van der Waals surface area contributed by atoms with Crippen molar-refractivity contribution in [2.45, 2.75) is 26.2 Å². The molecule has 2 unspecified atom stereocenters. The van der Waals surface area contributed by atoms with E-state index in [4.69, 9.17) is 10.9 Å². The number of nitrogens with zero attached hydrogens (tertiary/aromatic N) is 1. The minimum absolute atomic E-state index is 0.333. The second-order valence-electron chi connectivity index (χ2n) is 3.14. The van der Waals surface area contributed by atoms with Crippen molar-refractivity contribution < 1.29 is 5.21 Å². The standard InChI is InChI=1S/C7H14N2O/c1-5-2-3-6(4-5)7(8)9-10/h5-6,10H,2-4H2,1H3,(H2,8,9). The quantitative estimate of drug-likeness (QED) is 0.250. The lowest BCUT2D eigenvalue weighted by atomic mass is 10.1. The van der Waals surface area contributed by atoms with E-state index < -0.39 is 0 Å². The van der Waals surface area contributed by atoms with Gasteiger partial charge in [-0.3, -0.25) is 0 Å². The molecule has 0 heterocycles. The lowest BCUT2D eigenvalue weighted by Crippen LogP contribution is -2.21. The number of hydrogen-bond acceptors (Lipinski definition) is 2. The van der Waals surface area contributed by atoms with Crippen molar-refractivity contribution in [3.8, 4) is 0 Å². The van der Waals surface area contributed by atoms with E-state index in [1.165, 1.54) is 6.42 Å². The van der Waals surface area contributed by atoms with Crippen LogP contribution in [0.25, 0.3) is 0 Å². The van der Waals surface area contributed by atoms with Gasteiger partial charge in [-0.25, -0.2) is 0 Å². The van der Waals surface area contributed by atoms with Gasteiger partial charge in [0.2, 0.25) is 0 Å². The van der Waals surface area contributed by atoms with Gasteiger partial charge in [0, 0.05) is 5.92 Å². The van der Waals surface area contributed by atoms with Crippen LogP contribution in [0.5, 0.6) is 0 Å². The number of oxime groups is 1. The molecule has 58 valence electrons. The maximum Gasteiger partial charge on any atom is 0.142 e. The maximum atomic E-state index is 8.34. The van der Waals surface area contributed by atoms with E-state index in [-0.39, 0.29) is 0 Å². The van der Waals surface area contributed by atoms with Gasteiger partial charge in [-0.1, -0.05) is 12.1 Å². The zero-order valence-corrected chi connectivity index (χ0v) is 6.25. The first-order valence-electron chi connectivity index (χ1n) is 3.71. The zero-order chi connectivity index (χ0) is 7.56. The monoisotopic (exact) mass is 142 g/mol. The highest BCUT2D eigenvalue weighted by atomic mass is 16.4. The molecule has 0 saturated heterocycles. The molecule has 3 nitrogen and oxygen atoms in total. The summed E-state index contributed by atoms with van der Waals surface area (Å²) < 4.78 is 0. The normalized spacial score (nSPS) is 34.7. The van der Waals surface area contributed by atoms with E-state index in [0.717, 1.165) is 18.8 Å². The summed E-state index contributed by atoms with van der Waals surface area (Å²) in [6.45, 7) is 2.20. The molecule has 0 aromatic heterocycles. The number of amidine groups is 1. The van der Waals surface area contributed by atoms with Crippen LogP contribution in [0.1, 0.15) is 26.2 Å². The van der Waals surface area contributed by atoms with Crippen molar-refractivity contribution in [1.82, 2.24) is 0 Å². The molecule has 0 aromatic rings. The van der Waals surface area contributed by atoms with Crippen molar-refractivity contribution >= 4 is 5.84 Å². The van der Waals surface area contributed by atoms with Crippen LogP contribution in [0, 0.1) is 11.8 Å². The van der Waals surface area contributed by atoms with E-state index in [2.05, 4.69) is 12.1 Å². The molecule has 1 saturated carbocycles. The SMILES string of the molecule is CC1CCC(/C(N)=N/O)C1. The molecule has 1 fully saturated rings. The van der Waals surface area contributed by atoms with Gasteiger partial charge in [0.25, 0.3) is 0 Å². The Kier molecular flexibility index (Phi) is 2.14. The van der Waals surface area contributed by atoms with Crippen LogP contribution in [0.15, 0.2) is 5.16 Å². The highest BCUT2D eigenvalue weighted by Crippen LogP contribution is 2.29. The van der Waals surface area contributed by atoms with Gasteiger partial charge in [0.1, 0.15) is 5.84 Å². The van der Waals surface area contributed by atoms with Gasteiger partial charge in [0.05, 0.1) is 0 Å². The summed E-state index contributed by atoms with van der Waals surface area (Å²) in [7, 11) is 0. The molecule has 0 aromatic carbocycles. The Hall–Kier alpha value is -0.730. The van der Waals surface area contributed by atoms with Crippen molar-refractivity contribution in [3.63, 3.8) is 0 Å². The summed E-state index contributed by atoms with van der Waals surface area (Å²) in [6.07, 6.45) is 3.37. The third-order valence-electron chi connectivity index (χ3n) is 2.23. The number of rotatable bonds is 1. The van der Waals surface area contributed by atoms with Crippen LogP contribution >= 0.6 is 0 Å². The summed E-state index contributed by atoms with van der Waals surface area (Å²) in [5, 5.41) is 11.3. The molecule has 2 atom stereocenters. The summed E-state index contributed by atoms with van der Waals surface area (Å²) in [5.41, 5.74) is 5.44. The second kappa shape index (κ2) is 2.90. The summed E-state index contributed by atoms with van der Waals surface area (Å²) in [5.74, 6) is 1.48. The third kappa shape index (κ3) is 1.40. The molecule has 1 rings (SSSR count). The first-order chi connectivity index (χ1) is 4.74. The third-order valence-corrected chi connectivity index (χ3v) is 2.23. The maximum absolute atomic E-state index is 8.34. The summed E-state index contributed by atoms with van der Waals surface area (Å²) in [4.78, 5) is 0. The van der Waals surface area contributed by atoms with Crippen LogP contribution in [0.4, 0.5) is 0 Å². The largest absolute Gasteiger partial charge is 0.409 e. The zero-order valence-electron chi connectivity index (χ0n) is 6.25.